The van der Waals surface area contributed by atoms with E-state index >= 15 is 0 Å². The lowest BCUT2D eigenvalue weighted by atomic mass is 10.2. The molecule has 1 rings (SSSR count). The van der Waals surface area contributed by atoms with Crippen molar-refractivity contribution >= 4 is 12.0 Å². The van der Waals surface area contributed by atoms with E-state index in [9.17, 15) is 22.8 Å². The van der Waals surface area contributed by atoms with Crippen molar-refractivity contribution in [3.05, 3.63) is 0 Å². The molecule has 2 amide bonds. The monoisotopic (exact) mass is 296 g/mol. The largest absolute Gasteiger partial charge is 0.471 e. The van der Waals surface area contributed by atoms with E-state index in [1.54, 1.807) is 20.8 Å². The molecule has 0 aromatic heterocycles. The van der Waals surface area contributed by atoms with E-state index in [-0.39, 0.29) is 19.6 Å². The van der Waals surface area contributed by atoms with Crippen LogP contribution in [-0.4, -0.2) is 59.3 Å². The SMILES string of the molecule is CC1CN(C(=O)OC(C)(C)C)CCN1C(=O)C(F)(F)F. The number of hydrogen-bond donors (Lipinski definition) is 0. The highest BCUT2D eigenvalue weighted by Crippen LogP contribution is 2.22. The molecular formula is C12H19F3N2O3. The van der Waals surface area contributed by atoms with E-state index in [0.717, 1.165) is 4.90 Å². The maximum absolute atomic E-state index is 12.4. The number of carbonyl (C=O) groups excluding carboxylic acids is 2. The molecule has 1 aliphatic heterocycles. The van der Waals surface area contributed by atoms with Gasteiger partial charge in [0.1, 0.15) is 5.60 Å². The minimum atomic E-state index is -4.89. The Morgan fingerprint density at radius 1 is 1.15 bits per heavy atom. The van der Waals surface area contributed by atoms with Gasteiger partial charge in [-0.2, -0.15) is 13.2 Å². The van der Waals surface area contributed by atoms with Crippen LogP contribution in [0.15, 0.2) is 0 Å². The van der Waals surface area contributed by atoms with Crippen LogP contribution in [0.4, 0.5) is 18.0 Å². The van der Waals surface area contributed by atoms with Crippen LogP contribution in [-0.2, 0) is 9.53 Å². The summed E-state index contributed by atoms with van der Waals surface area (Å²) in [6.45, 7) is 6.49. The molecule has 5 nitrogen and oxygen atoms in total. The lowest BCUT2D eigenvalue weighted by Crippen LogP contribution is -2.58. The summed E-state index contributed by atoms with van der Waals surface area (Å²) < 4.78 is 42.3. The van der Waals surface area contributed by atoms with Gasteiger partial charge < -0.3 is 14.5 Å². The van der Waals surface area contributed by atoms with Gasteiger partial charge in [-0.05, 0) is 27.7 Å². The normalized spacial score (nSPS) is 20.9. The maximum Gasteiger partial charge on any atom is 0.471 e. The molecular weight excluding hydrogens is 277 g/mol. The molecule has 0 bridgehead atoms. The summed E-state index contributed by atoms with van der Waals surface area (Å²) in [6, 6.07) is -0.703. The second-order valence-corrected chi connectivity index (χ2v) is 5.77. The van der Waals surface area contributed by atoms with Gasteiger partial charge in [-0.3, -0.25) is 4.79 Å². The predicted molar refractivity (Wildman–Crippen MR) is 65.0 cm³/mol. The van der Waals surface area contributed by atoms with Crippen molar-refractivity contribution in [2.24, 2.45) is 0 Å². The molecule has 8 heteroatoms. The fraction of sp³-hybridized carbons (Fsp3) is 0.833. The van der Waals surface area contributed by atoms with E-state index in [0.29, 0.717) is 0 Å². The highest BCUT2D eigenvalue weighted by Gasteiger charge is 2.45. The maximum atomic E-state index is 12.4. The zero-order valence-electron chi connectivity index (χ0n) is 12.0. The van der Waals surface area contributed by atoms with Crippen molar-refractivity contribution in [1.82, 2.24) is 9.80 Å². The molecule has 0 spiro atoms. The Morgan fingerprint density at radius 3 is 2.10 bits per heavy atom. The summed E-state index contributed by atoms with van der Waals surface area (Å²) in [5.41, 5.74) is -0.667. The number of alkyl halides is 3. The van der Waals surface area contributed by atoms with Crippen LogP contribution in [0, 0.1) is 0 Å². The van der Waals surface area contributed by atoms with E-state index in [1.165, 1.54) is 11.8 Å². The van der Waals surface area contributed by atoms with Gasteiger partial charge in [0.2, 0.25) is 0 Å². The highest BCUT2D eigenvalue weighted by atomic mass is 19.4. The van der Waals surface area contributed by atoms with Gasteiger partial charge in [0, 0.05) is 25.7 Å². The quantitative estimate of drug-likeness (QED) is 0.687. The van der Waals surface area contributed by atoms with E-state index < -0.39 is 29.8 Å². The number of hydrogen-bond acceptors (Lipinski definition) is 3. The predicted octanol–water partition coefficient (Wildman–Crippen LogP) is 2.02. The van der Waals surface area contributed by atoms with Gasteiger partial charge in [-0.15, -0.1) is 0 Å². The summed E-state index contributed by atoms with van der Waals surface area (Å²) in [6.07, 6.45) is -5.47. The summed E-state index contributed by atoms with van der Waals surface area (Å²) in [5.74, 6) is -1.87. The van der Waals surface area contributed by atoms with Gasteiger partial charge >= 0.3 is 18.2 Å². The Labute approximate surface area is 115 Å². The molecule has 0 aliphatic carbocycles. The van der Waals surface area contributed by atoms with Gasteiger partial charge in [-0.25, -0.2) is 4.79 Å². The minimum Gasteiger partial charge on any atom is -0.444 e. The molecule has 1 unspecified atom stereocenters. The topological polar surface area (TPSA) is 49.9 Å². The van der Waals surface area contributed by atoms with E-state index in [4.69, 9.17) is 4.74 Å². The molecule has 0 aromatic carbocycles. The Hall–Kier alpha value is -1.47. The molecule has 0 N–H and O–H groups in total. The summed E-state index contributed by atoms with van der Waals surface area (Å²) in [5, 5.41) is 0. The number of piperazine rings is 1. The standard InChI is InChI=1S/C12H19F3N2O3/c1-8-7-16(10(19)20-11(2,3)4)5-6-17(8)9(18)12(13,14)15/h8H,5-7H2,1-4H3. The van der Waals surface area contributed by atoms with Crippen LogP contribution < -0.4 is 0 Å². The van der Waals surface area contributed by atoms with Crippen molar-refractivity contribution in [3.63, 3.8) is 0 Å². The molecule has 0 saturated carbocycles. The number of ether oxygens (including phenoxy) is 1. The lowest BCUT2D eigenvalue weighted by molar-refractivity contribution is -0.189. The van der Waals surface area contributed by atoms with Gasteiger partial charge in [0.15, 0.2) is 0 Å². The Bertz CT molecular complexity index is 390. The highest BCUT2D eigenvalue weighted by molar-refractivity contribution is 5.82. The fourth-order valence-corrected chi connectivity index (χ4v) is 1.91. The first-order chi connectivity index (χ1) is 8.92. The van der Waals surface area contributed by atoms with Crippen molar-refractivity contribution in [2.45, 2.75) is 45.5 Å². The molecule has 1 aliphatic rings. The van der Waals surface area contributed by atoms with Crippen LogP contribution in [0.5, 0.6) is 0 Å². The molecule has 0 radical (unpaired) electrons. The number of nitrogens with zero attached hydrogens (tertiary/aromatic N) is 2. The zero-order valence-corrected chi connectivity index (χ0v) is 12.0. The lowest BCUT2D eigenvalue weighted by Gasteiger charge is -2.40. The molecule has 1 saturated heterocycles. The van der Waals surface area contributed by atoms with E-state index in [2.05, 4.69) is 0 Å². The van der Waals surface area contributed by atoms with Crippen LogP contribution in [0.3, 0.4) is 0 Å². The number of amides is 2. The Balaban J connectivity index is 2.64. The van der Waals surface area contributed by atoms with Crippen LogP contribution in [0.25, 0.3) is 0 Å². The van der Waals surface area contributed by atoms with Crippen LogP contribution in [0.1, 0.15) is 27.7 Å². The van der Waals surface area contributed by atoms with Crippen molar-refractivity contribution in [1.29, 1.82) is 0 Å². The van der Waals surface area contributed by atoms with Crippen LogP contribution in [0.2, 0.25) is 0 Å². The summed E-state index contributed by atoms with van der Waals surface area (Å²) in [4.78, 5) is 25.1. The molecule has 1 atom stereocenters. The third-order valence-corrected chi connectivity index (χ3v) is 2.78. The zero-order chi connectivity index (χ0) is 15.7. The molecule has 20 heavy (non-hydrogen) atoms. The van der Waals surface area contributed by atoms with Crippen molar-refractivity contribution in [2.75, 3.05) is 19.6 Å². The van der Waals surface area contributed by atoms with Gasteiger partial charge in [-0.1, -0.05) is 0 Å². The second kappa shape index (κ2) is 5.49. The third kappa shape index (κ3) is 4.28. The van der Waals surface area contributed by atoms with Gasteiger partial charge in [0.25, 0.3) is 0 Å². The first-order valence-electron chi connectivity index (χ1n) is 6.27. The first kappa shape index (κ1) is 16.6. The molecule has 1 heterocycles. The summed E-state index contributed by atoms with van der Waals surface area (Å²) in [7, 11) is 0. The number of carbonyl (C=O) groups is 2. The average Bonchev–Trinajstić information content (AvgIpc) is 2.24. The van der Waals surface area contributed by atoms with Crippen LogP contribution >= 0.6 is 0 Å². The molecule has 116 valence electrons. The minimum absolute atomic E-state index is 0.0245. The van der Waals surface area contributed by atoms with Crippen molar-refractivity contribution in [3.8, 4) is 0 Å². The Kier molecular flexibility index (Phi) is 4.55. The molecule has 0 aromatic rings. The molecule has 1 fully saturated rings. The summed E-state index contributed by atoms with van der Waals surface area (Å²) >= 11 is 0. The van der Waals surface area contributed by atoms with Gasteiger partial charge in [0.05, 0.1) is 0 Å². The smallest absolute Gasteiger partial charge is 0.444 e. The van der Waals surface area contributed by atoms with Crippen molar-refractivity contribution < 1.29 is 27.5 Å². The second-order valence-electron chi connectivity index (χ2n) is 5.77. The first-order valence-corrected chi connectivity index (χ1v) is 6.27. The number of halogens is 3. The fourth-order valence-electron chi connectivity index (χ4n) is 1.91. The Morgan fingerprint density at radius 2 is 1.70 bits per heavy atom. The van der Waals surface area contributed by atoms with E-state index in [1.807, 2.05) is 0 Å². The average molecular weight is 296 g/mol. The number of rotatable bonds is 0. The third-order valence-electron chi connectivity index (χ3n) is 2.78.